The van der Waals surface area contributed by atoms with Gasteiger partial charge in [0.05, 0.1) is 11.3 Å². The molecule has 0 unspecified atom stereocenters. The molecule has 0 fully saturated rings. The fourth-order valence-corrected chi connectivity index (χ4v) is 3.06. The van der Waals surface area contributed by atoms with Crippen molar-refractivity contribution in [1.29, 1.82) is 0 Å². The normalized spacial score (nSPS) is 10.4. The van der Waals surface area contributed by atoms with Gasteiger partial charge >= 0.3 is 0 Å². The van der Waals surface area contributed by atoms with E-state index < -0.39 is 0 Å². The van der Waals surface area contributed by atoms with E-state index in [9.17, 15) is 0 Å². The highest BCUT2D eigenvalue weighted by Crippen LogP contribution is 2.33. The molecule has 0 aliphatic heterocycles. The van der Waals surface area contributed by atoms with Crippen LogP contribution in [0.1, 0.15) is 11.1 Å². The molecule has 0 aliphatic rings. The van der Waals surface area contributed by atoms with Crippen LogP contribution in [0.3, 0.4) is 0 Å². The molecule has 0 aliphatic carbocycles. The summed E-state index contributed by atoms with van der Waals surface area (Å²) in [5, 5.41) is 1.04. The van der Waals surface area contributed by atoms with Crippen molar-refractivity contribution in [3.63, 3.8) is 0 Å². The van der Waals surface area contributed by atoms with Crippen LogP contribution in [0.25, 0.3) is 22.3 Å². The Labute approximate surface area is 153 Å². The average Bonchev–Trinajstić information content (AvgIpc) is 3.06. The summed E-state index contributed by atoms with van der Waals surface area (Å²) < 4.78 is 6.14. The Morgan fingerprint density at radius 3 is 2.23 bits per heavy atom. The van der Waals surface area contributed by atoms with E-state index >= 15 is 0 Å². The molecule has 0 atom stereocenters. The summed E-state index contributed by atoms with van der Waals surface area (Å²) >= 11 is 0. The minimum atomic E-state index is 0.821. The summed E-state index contributed by atoms with van der Waals surface area (Å²) in [4.78, 5) is 2.08. The van der Waals surface area contributed by atoms with Crippen molar-refractivity contribution in [1.82, 2.24) is 0 Å². The van der Waals surface area contributed by atoms with Crippen molar-refractivity contribution in [2.45, 2.75) is 0 Å². The van der Waals surface area contributed by atoms with Crippen LogP contribution in [-0.2, 0) is 0 Å². The maximum absolute atomic E-state index is 6.14. The highest BCUT2D eigenvalue weighted by atomic mass is 16.3. The van der Waals surface area contributed by atoms with Gasteiger partial charge in [0.15, 0.2) is 5.76 Å². The molecule has 0 saturated heterocycles. The summed E-state index contributed by atoms with van der Waals surface area (Å²) in [6, 6.07) is 26.4. The lowest BCUT2D eigenvalue weighted by atomic mass is 10.0. The van der Waals surface area contributed by atoms with Crippen LogP contribution in [-0.4, -0.2) is 14.1 Å². The number of furan rings is 1. The van der Waals surface area contributed by atoms with Gasteiger partial charge in [0.25, 0.3) is 0 Å². The number of hydrogen-bond acceptors (Lipinski definition) is 2. The lowest BCUT2D eigenvalue weighted by Crippen LogP contribution is -2.10. The molecule has 2 nitrogen and oxygen atoms in total. The Morgan fingerprint density at radius 1 is 0.731 bits per heavy atom. The first-order valence-electron chi connectivity index (χ1n) is 8.59. The molecule has 26 heavy (non-hydrogen) atoms. The van der Waals surface area contributed by atoms with Gasteiger partial charge < -0.3 is 9.32 Å². The van der Waals surface area contributed by atoms with Crippen LogP contribution >= 0.6 is 0 Å². The third kappa shape index (κ3) is 2.96. The van der Waals surface area contributed by atoms with Crippen molar-refractivity contribution in [2.24, 2.45) is 0 Å². The van der Waals surface area contributed by atoms with E-state index in [0.29, 0.717) is 0 Å². The highest BCUT2D eigenvalue weighted by Gasteiger charge is 2.14. The van der Waals surface area contributed by atoms with Crippen molar-refractivity contribution in [2.75, 3.05) is 19.0 Å². The average molecular weight is 337 g/mol. The molecular formula is C24H19NO. The molecular weight excluding hydrogens is 318 g/mol. The van der Waals surface area contributed by atoms with Crippen LogP contribution < -0.4 is 4.90 Å². The second kappa shape index (κ2) is 6.82. The fraction of sp³-hybridized carbons (Fsp3) is 0.0833. The zero-order chi connectivity index (χ0) is 17.9. The summed E-state index contributed by atoms with van der Waals surface area (Å²) in [5.41, 5.74) is 4.93. The molecule has 0 N–H and O–H groups in total. The SMILES string of the molecule is CN(C)c1ccccc1C#Cc1c(-c2ccccc2)oc2ccccc12. The van der Waals surface area contributed by atoms with Gasteiger partial charge in [0.1, 0.15) is 5.58 Å². The number of fused-ring (bicyclic) bond motifs is 1. The molecule has 0 saturated carbocycles. The highest BCUT2D eigenvalue weighted by molar-refractivity contribution is 5.91. The molecule has 0 spiro atoms. The zero-order valence-electron chi connectivity index (χ0n) is 14.9. The number of hydrogen-bond donors (Lipinski definition) is 0. The van der Waals surface area contributed by atoms with Crippen molar-refractivity contribution >= 4 is 16.7 Å². The molecule has 1 aromatic heterocycles. The first-order chi connectivity index (χ1) is 12.7. The number of anilines is 1. The molecule has 2 heteroatoms. The predicted molar refractivity (Wildman–Crippen MR) is 108 cm³/mol. The van der Waals surface area contributed by atoms with Gasteiger partial charge in [-0.05, 0) is 24.3 Å². The molecule has 0 bridgehead atoms. The Hall–Kier alpha value is -3.44. The van der Waals surface area contributed by atoms with Crippen molar-refractivity contribution < 1.29 is 4.42 Å². The molecule has 4 aromatic rings. The third-order valence-corrected chi connectivity index (χ3v) is 4.34. The molecule has 0 amide bonds. The largest absolute Gasteiger partial charge is 0.455 e. The molecule has 126 valence electrons. The van der Waals surface area contributed by atoms with E-state index in [1.165, 1.54) is 0 Å². The van der Waals surface area contributed by atoms with Gasteiger partial charge in [-0.1, -0.05) is 66.4 Å². The minimum absolute atomic E-state index is 0.821. The Balaban J connectivity index is 1.91. The van der Waals surface area contributed by atoms with Crippen LogP contribution in [0.2, 0.25) is 0 Å². The second-order valence-corrected chi connectivity index (χ2v) is 6.33. The number of para-hydroxylation sites is 2. The standard InChI is InChI=1S/C24H19NO/c1-25(2)22-14-8-6-10-18(22)16-17-21-20-13-7-9-15-23(20)26-24(21)19-11-4-3-5-12-19/h3-15H,1-2H3. The molecule has 3 aromatic carbocycles. The smallest absolute Gasteiger partial charge is 0.151 e. The summed E-state index contributed by atoms with van der Waals surface area (Å²) in [5.74, 6) is 7.54. The van der Waals surface area contributed by atoms with Gasteiger partial charge in [-0.3, -0.25) is 0 Å². The van der Waals surface area contributed by atoms with E-state index in [-0.39, 0.29) is 0 Å². The summed E-state index contributed by atoms with van der Waals surface area (Å²) in [6.07, 6.45) is 0. The van der Waals surface area contributed by atoms with Crippen molar-refractivity contribution in [3.05, 3.63) is 90.0 Å². The van der Waals surface area contributed by atoms with Gasteiger partial charge in [0.2, 0.25) is 0 Å². The molecule has 0 radical (unpaired) electrons. The van der Waals surface area contributed by atoms with E-state index in [0.717, 1.165) is 39.1 Å². The number of rotatable bonds is 2. The minimum Gasteiger partial charge on any atom is -0.455 e. The third-order valence-electron chi connectivity index (χ3n) is 4.34. The quantitative estimate of drug-likeness (QED) is 0.445. The monoisotopic (exact) mass is 337 g/mol. The lowest BCUT2D eigenvalue weighted by molar-refractivity contribution is 0.630. The first-order valence-corrected chi connectivity index (χ1v) is 8.59. The maximum Gasteiger partial charge on any atom is 0.151 e. The van der Waals surface area contributed by atoms with E-state index in [1.807, 2.05) is 68.7 Å². The summed E-state index contributed by atoms with van der Waals surface area (Å²) in [6.45, 7) is 0. The number of benzene rings is 3. The fourth-order valence-electron chi connectivity index (χ4n) is 3.06. The molecule has 1 heterocycles. The Bertz CT molecular complexity index is 1110. The maximum atomic E-state index is 6.14. The predicted octanol–water partition coefficient (Wildman–Crippen LogP) is 5.57. The Morgan fingerprint density at radius 2 is 1.42 bits per heavy atom. The van der Waals surface area contributed by atoms with Crippen LogP contribution in [0.4, 0.5) is 5.69 Å². The van der Waals surface area contributed by atoms with Gasteiger partial charge in [-0.2, -0.15) is 0 Å². The van der Waals surface area contributed by atoms with E-state index in [2.05, 4.69) is 41.0 Å². The topological polar surface area (TPSA) is 16.4 Å². The lowest BCUT2D eigenvalue weighted by Gasteiger charge is -2.13. The summed E-state index contributed by atoms with van der Waals surface area (Å²) in [7, 11) is 4.06. The molecule has 4 rings (SSSR count). The van der Waals surface area contributed by atoms with E-state index in [4.69, 9.17) is 4.42 Å². The Kier molecular flexibility index (Phi) is 4.21. The van der Waals surface area contributed by atoms with Crippen molar-refractivity contribution in [3.8, 4) is 23.2 Å². The van der Waals surface area contributed by atoms with Gasteiger partial charge in [0, 0.05) is 30.6 Å². The van der Waals surface area contributed by atoms with Gasteiger partial charge in [-0.15, -0.1) is 0 Å². The first kappa shape index (κ1) is 16.1. The second-order valence-electron chi connectivity index (χ2n) is 6.33. The number of nitrogens with zero attached hydrogens (tertiary/aromatic N) is 1. The van der Waals surface area contributed by atoms with Gasteiger partial charge in [-0.25, -0.2) is 0 Å². The van der Waals surface area contributed by atoms with Crippen LogP contribution in [0, 0.1) is 11.8 Å². The van der Waals surface area contributed by atoms with E-state index in [1.54, 1.807) is 0 Å². The van der Waals surface area contributed by atoms with Crippen LogP contribution in [0.15, 0.2) is 83.3 Å². The zero-order valence-corrected chi connectivity index (χ0v) is 14.9. The van der Waals surface area contributed by atoms with Crippen LogP contribution in [0.5, 0.6) is 0 Å².